The predicted octanol–water partition coefficient (Wildman–Crippen LogP) is 2.63. The summed E-state index contributed by atoms with van der Waals surface area (Å²) < 4.78 is 5.12. The van der Waals surface area contributed by atoms with Gasteiger partial charge in [0.2, 0.25) is 0 Å². The fourth-order valence-corrected chi connectivity index (χ4v) is 1.76. The van der Waals surface area contributed by atoms with Crippen LogP contribution in [0.15, 0.2) is 24.3 Å². The maximum absolute atomic E-state index is 10.9. The van der Waals surface area contributed by atoms with Gasteiger partial charge in [-0.3, -0.25) is 4.79 Å². The van der Waals surface area contributed by atoms with Crippen molar-refractivity contribution in [3.8, 4) is 5.75 Å². The van der Waals surface area contributed by atoms with Crippen molar-refractivity contribution in [1.82, 2.24) is 0 Å². The largest absolute Gasteiger partial charge is 0.497 e. The van der Waals surface area contributed by atoms with Crippen molar-refractivity contribution in [2.45, 2.75) is 26.8 Å². The standard InChI is InChI=1S/C14H21NO3/c1-10(2)15(9-11(3)14(16)17)12-5-7-13(18-4)8-6-12/h5-8,10-11H,9H2,1-4H3,(H,16,17). The molecule has 100 valence electrons. The molecule has 0 bridgehead atoms. The number of carboxylic acids is 1. The van der Waals surface area contributed by atoms with Crippen molar-refractivity contribution < 1.29 is 14.6 Å². The molecule has 1 N–H and O–H groups in total. The number of carbonyl (C=O) groups is 1. The number of rotatable bonds is 6. The molecule has 4 nitrogen and oxygen atoms in total. The molecule has 0 fully saturated rings. The first-order valence-electron chi connectivity index (χ1n) is 6.09. The Kier molecular flexibility index (Phi) is 5.01. The molecule has 1 aromatic rings. The number of hydrogen-bond acceptors (Lipinski definition) is 3. The Bertz CT molecular complexity index is 387. The first-order valence-corrected chi connectivity index (χ1v) is 6.09. The molecule has 0 spiro atoms. The second kappa shape index (κ2) is 6.28. The molecular formula is C14H21NO3. The van der Waals surface area contributed by atoms with Crippen LogP contribution in [0.3, 0.4) is 0 Å². The monoisotopic (exact) mass is 251 g/mol. The zero-order valence-electron chi connectivity index (χ0n) is 11.4. The smallest absolute Gasteiger partial charge is 0.308 e. The summed E-state index contributed by atoms with van der Waals surface area (Å²) >= 11 is 0. The zero-order chi connectivity index (χ0) is 13.7. The summed E-state index contributed by atoms with van der Waals surface area (Å²) in [6.45, 7) is 6.33. The Morgan fingerprint density at radius 2 is 1.83 bits per heavy atom. The average Bonchev–Trinajstić information content (AvgIpc) is 2.35. The molecule has 0 aliphatic rings. The summed E-state index contributed by atoms with van der Waals surface area (Å²) in [4.78, 5) is 13.0. The van der Waals surface area contributed by atoms with Crippen LogP contribution in [-0.4, -0.2) is 30.8 Å². The predicted molar refractivity (Wildman–Crippen MR) is 72.3 cm³/mol. The lowest BCUT2D eigenvalue weighted by atomic mass is 10.1. The van der Waals surface area contributed by atoms with Crippen molar-refractivity contribution in [3.63, 3.8) is 0 Å². The van der Waals surface area contributed by atoms with Crippen LogP contribution >= 0.6 is 0 Å². The summed E-state index contributed by atoms with van der Waals surface area (Å²) in [5, 5.41) is 9.00. The molecule has 0 saturated heterocycles. The Balaban J connectivity index is 2.86. The molecule has 0 amide bonds. The SMILES string of the molecule is COc1ccc(N(CC(C)C(=O)O)C(C)C)cc1. The number of hydrogen-bond donors (Lipinski definition) is 1. The maximum atomic E-state index is 10.9. The van der Waals surface area contributed by atoms with E-state index < -0.39 is 11.9 Å². The van der Waals surface area contributed by atoms with Crippen molar-refractivity contribution >= 4 is 11.7 Å². The lowest BCUT2D eigenvalue weighted by molar-refractivity contribution is -0.140. The summed E-state index contributed by atoms with van der Waals surface area (Å²) in [5.41, 5.74) is 1.01. The first-order chi connectivity index (χ1) is 8.45. The van der Waals surface area contributed by atoms with Crippen LogP contribution in [0.1, 0.15) is 20.8 Å². The number of anilines is 1. The minimum Gasteiger partial charge on any atom is -0.497 e. The van der Waals surface area contributed by atoms with Gasteiger partial charge in [-0.1, -0.05) is 6.92 Å². The van der Waals surface area contributed by atoms with Crippen molar-refractivity contribution in [2.75, 3.05) is 18.6 Å². The molecule has 1 unspecified atom stereocenters. The van der Waals surface area contributed by atoms with E-state index in [1.165, 1.54) is 0 Å². The van der Waals surface area contributed by atoms with Gasteiger partial charge in [0.05, 0.1) is 13.0 Å². The molecule has 0 saturated carbocycles. The summed E-state index contributed by atoms with van der Waals surface area (Å²) in [7, 11) is 1.63. The molecule has 0 aromatic heterocycles. The lowest BCUT2D eigenvalue weighted by Crippen LogP contribution is -2.36. The van der Waals surface area contributed by atoms with E-state index in [1.807, 2.05) is 24.3 Å². The number of aliphatic carboxylic acids is 1. The van der Waals surface area contributed by atoms with E-state index in [2.05, 4.69) is 18.7 Å². The Morgan fingerprint density at radius 3 is 2.22 bits per heavy atom. The zero-order valence-corrected chi connectivity index (χ0v) is 11.4. The highest BCUT2D eigenvalue weighted by Crippen LogP contribution is 2.22. The van der Waals surface area contributed by atoms with E-state index in [9.17, 15) is 4.79 Å². The highest BCUT2D eigenvalue weighted by molar-refractivity contribution is 5.70. The molecule has 18 heavy (non-hydrogen) atoms. The van der Waals surface area contributed by atoms with E-state index in [1.54, 1.807) is 14.0 Å². The normalized spacial score (nSPS) is 12.3. The minimum absolute atomic E-state index is 0.250. The van der Waals surface area contributed by atoms with Crippen molar-refractivity contribution in [1.29, 1.82) is 0 Å². The summed E-state index contributed by atoms with van der Waals surface area (Å²) in [5.74, 6) is -0.364. The quantitative estimate of drug-likeness (QED) is 0.844. The topological polar surface area (TPSA) is 49.8 Å². The molecule has 0 aliphatic heterocycles. The fraction of sp³-hybridized carbons (Fsp3) is 0.500. The second-order valence-electron chi connectivity index (χ2n) is 4.68. The van der Waals surface area contributed by atoms with Crippen molar-refractivity contribution in [3.05, 3.63) is 24.3 Å². The van der Waals surface area contributed by atoms with Gasteiger partial charge >= 0.3 is 5.97 Å². The van der Waals surface area contributed by atoms with Crippen LogP contribution in [-0.2, 0) is 4.79 Å². The van der Waals surface area contributed by atoms with E-state index in [0.717, 1.165) is 11.4 Å². The van der Waals surface area contributed by atoms with Gasteiger partial charge in [0, 0.05) is 18.3 Å². The van der Waals surface area contributed by atoms with E-state index in [4.69, 9.17) is 9.84 Å². The molecule has 1 aromatic carbocycles. The van der Waals surface area contributed by atoms with Crippen LogP contribution in [0.2, 0.25) is 0 Å². The highest BCUT2D eigenvalue weighted by atomic mass is 16.5. The number of nitrogens with zero attached hydrogens (tertiary/aromatic N) is 1. The molecule has 0 heterocycles. The minimum atomic E-state index is -0.769. The van der Waals surface area contributed by atoms with Gasteiger partial charge in [-0.25, -0.2) is 0 Å². The fourth-order valence-electron chi connectivity index (χ4n) is 1.76. The van der Waals surface area contributed by atoms with E-state index in [0.29, 0.717) is 6.54 Å². The lowest BCUT2D eigenvalue weighted by Gasteiger charge is -2.30. The van der Waals surface area contributed by atoms with E-state index >= 15 is 0 Å². The molecule has 0 radical (unpaired) electrons. The summed E-state index contributed by atoms with van der Waals surface area (Å²) in [6, 6.07) is 7.92. The molecule has 4 heteroatoms. The molecule has 1 rings (SSSR count). The third-order valence-electron chi connectivity index (χ3n) is 2.92. The van der Waals surface area contributed by atoms with Gasteiger partial charge < -0.3 is 14.7 Å². The van der Waals surface area contributed by atoms with Crippen LogP contribution in [0.25, 0.3) is 0 Å². The second-order valence-corrected chi connectivity index (χ2v) is 4.68. The number of benzene rings is 1. The molecular weight excluding hydrogens is 230 g/mol. The number of ether oxygens (including phenoxy) is 1. The summed E-state index contributed by atoms with van der Waals surface area (Å²) in [6.07, 6.45) is 0. The van der Waals surface area contributed by atoms with Gasteiger partial charge in [-0.2, -0.15) is 0 Å². The molecule has 1 atom stereocenters. The average molecular weight is 251 g/mol. The van der Waals surface area contributed by atoms with Crippen LogP contribution < -0.4 is 9.64 Å². The van der Waals surface area contributed by atoms with E-state index in [-0.39, 0.29) is 6.04 Å². The molecule has 0 aliphatic carbocycles. The first kappa shape index (κ1) is 14.4. The van der Waals surface area contributed by atoms with Crippen molar-refractivity contribution in [2.24, 2.45) is 5.92 Å². The van der Waals surface area contributed by atoms with Gasteiger partial charge in [0.15, 0.2) is 0 Å². The third-order valence-corrected chi connectivity index (χ3v) is 2.92. The Morgan fingerprint density at radius 1 is 1.28 bits per heavy atom. The number of carboxylic acid groups (broad SMARTS) is 1. The third kappa shape index (κ3) is 3.65. The highest BCUT2D eigenvalue weighted by Gasteiger charge is 2.18. The van der Waals surface area contributed by atoms with Gasteiger partial charge in [-0.05, 0) is 38.1 Å². The van der Waals surface area contributed by atoms with Crippen LogP contribution in [0, 0.1) is 5.92 Å². The Labute approximate surface area is 108 Å². The van der Waals surface area contributed by atoms with Crippen LogP contribution in [0.5, 0.6) is 5.75 Å². The van der Waals surface area contributed by atoms with Gasteiger partial charge in [-0.15, -0.1) is 0 Å². The van der Waals surface area contributed by atoms with Gasteiger partial charge in [0.1, 0.15) is 5.75 Å². The number of methoxy groups -OCH3 is 1. The Hall–Kier alpha value is -1.71. The van der Waals surface area contributed by atoms with Gasteiger partial charge in [0.25, 0.3) is 0 Å². The maximum Gasteiger partial charge on any atom is 0.308 e. The van der Waals surface area contributed by atoms with Crippen LogP contribution in [0.4, 0.5) is 5.69 Å².